The molecular formula is C36H64O4. The van der Waals surface area contributed by atoms with Crippen molar-refractivity contribution in [2.45, 2.75) is 168 Å². The van der Waals surface area contributed by atoms with Crippen LogP contribution in [0.1, 0.15) is 168 Å². The Morgan fingerprint density at radius 1 is 0.400 bits per heavy atom. The molecule has 232 valence electrons. The van der Waals surface area contributed by atoms with E-state index in [9.17, 15) is 9.59 Å². The van der Waals surface area contributed by atoms with Gasteiger partial charge in [-0.3, -0.25) is 9.59 Å². The van der Waals surface area contributed by atoms with E-state index >= 15 is 0 Å². The molecule has 4 heteroatoms. The van der Waals surface area contributed by atoms with E-state index in [0.29, 0.717) is 12.8 Å². The summed E-state index contributed by atoms with van der Waals surface area (Å²) in [5.74, 6) is -1.34. The van der Waals surface area contributed by atoms with Crippen molar-refractivity contribution in [3.63, 3.8) is 0 Å². The Morgan fingerprint density at radius 2 is 0.650 bits per heavy atom. The Balaban J connectivity index is 0. The van der Waals surface area contributed by atoms with E-state index in [2.05, 4.69) is 62.5 Å². The van der Waals surface area contributed by atoms with Gasteiger partial charge in [-0.1, -0.05) is 140 Å². The third-order valence-electron chi connectivity index (χ3n) is 6.74. The van der Waals surface area contributed by atoms with Crippen LogP contribution >= 0.6 is 0 Å². The molecule has 0 aromatic carbocycles. The van der Waals surface area contributed by atoms with Gasteiger partial charge in [-0.25, -0.2) is 0 Å². The number of carbonyl (C=O) groups is 2. The molecule has 2 N–H and O–H groups in total. The Labute approximate surface area is 248 Å². The van der Waals surface area contributed by atoms with Crippen molar-refractivity contribution in [1.82, 2.24) is 0 Å². The van der Waals surface area contributed by atoms with Gasteiger partial charge in [-0.2, -0.15) is 0 Å². The molecule has 0 bridgehead atoms. The summed E-state index contributed by atoms with van der Waals surface area (Å²) in [5, 5.41) is 17.0. The number of aliphatic carboxylic acids is 2. The van der Waals surface area contributed by atoms with Gasteiger partial charge in [-0.15, -0.1) is 0 Å². The van der Waals surface area contributed by atoms with Crippen LogP contribution in [0.25, 0.3) is 0 Å². The zero-order valence-electron chi connectivity index (χ0n) is 26.3. The number of allylic oxidation sites excluding steroid dienone is 8. The highest BCUT2D eigenvalue weighted by molar-refractivity contribution is 5.66. The molecule has 0 spiro atoms. The monoisotopic (exact) mass is 560 g/mol. The lowest BCUT2D eigenvalue weighted by molar-refractivity contribution is -0.138. The number of carboxylic acids is 2. The lowest BCUT2D eigenvalue weighted by Gasteiger charge is -1.99. The molecule has 0 aromatic rings. The van der Waals surface area contributed by atoms with Crippen LogP contribution in [0.3, 0.4) is 0 Å². The summed E-state index contributed by atoms with van der Waals surface area (Å²) >= 11 is 0. The molecule has 0 saturated carbocycles. The molecule has 40 heavy (non-hydrogen) atoms. The molecule has 0 fully saturated rings. The normalized spacial score (nSPS) is 11.7. The van der Waals surface area contributed by atoms with Gasteiger partial charge in [0.25, 0.3) is 0 Å². The summed E-state index contributed by atoms with van der Waals surface area (Å²) in [6.45, 7) is 4.46. The topological polar surface area (TPSA) is 74.6 Å². The van der Waals surface area contributed by atoms with Crippen molar-refractivity contribution in [1.29, 1.82) is 0 Å². The van der Waals surface area contributed by atoms with Gasteiger partial charge in [-0.05, 0) is 64.2 Å². The van der Waals surface area contributed by atoms with Crippen LogP contribution in [0, 0.1) is 0 Å². The second-order valence-electron chi connectivity index (χ2n) is 10.8. The summed E-state index contributed by atoms with van der Waals surface area (Å²) in [7, 11) is 0. The van der Waals surface area contributed by atoms with Gasteiger partial charge < -0.3 is 10.2 Å². The van der Waals surface area contributed by atoms with Crippen LogP contribution in [0.15, 0.2) is 48.6 Å². The first-order valence-corrected chi connectivity index (χ1v) is 16.6. The van der Waals surface area contributed by atoms with Crippen molar-refractivity contribution in [3.8, 4) is 0 Å². The average molecular weight is 561 g/mol. The van der Waals surface area contributed by atoms with Crippen molar-refractivity contribution < 1.29 is 19.8 Å². The second-order valence-corrected chi connectivity index (χ2v) is 10.8. The molecule has 4 nitrogen and oxygen atoms in total. The quantitative estimate of drug-likeness (QED) is 0.0737. The van der Waals surface area contributed by atoms with Crippen LogP contribution in [0.2, 0.25) is 0 Å². The number of hydrogen-bond acceptors (Lipinski definition) is 2. The summed E-state index contributed by atoms with van der Waals surface area (Å²) in [6, 6.07) is 0. The van der Waals surface area contributed by atoms with E-state index in [1.807, 2.05) is 0 Å². The van der Waals surface area contributed by atoms with Gasteiger partial charge >= 0.3 is 11.9 Å². The Hall–Kier alpha value is -2.10. The highest BCUT2D eigenvalue weighted by atomic mass is 16.4. The van der Waals surface area contributed by atoms with Gasteiger partial charge in [0.05, 0.1) is 0 Å². The van der Waals surface area contributed by atoms with Gasteiger partial charge in [0.15, 0.2) is 0 Å². The van der Waals surface area contributed by atoms with Crippen LogP contribution in [0.4, 0.5) is 0 Å². The fourth-order valence-corrected chi connectivity index (χ4v) is 4.21. The maximum absolute atomic E-state index is 10.3. The minimum Gasteiger partial charge on any atom is -0.481 e. The first-order chi connectivity index (χ1) is 19.5. The fraction of sp³-hybridized carbons (Fsp3) is 0.722. The molecule has 0 atom stereocenters. The summed E-state index contributed by atoms with van der Waals surface area (Å²) in [6.07, 6.45) is 44.6. The van der Waals surface area contributed by atoms with Crippen molar-refractivity contribution >= 4 is 11.9 Å². The predicted octanol–water partition coefficient (Wildman–Crippen LogP) is 11.8. The molecule has 0 heterocycles. The molecule has 0 aliphatic carbocycles. The lowest BCUT2D eigenvalue weighted by atomic mass is 10.1. The van der Waals surface area contributed by atoms with Crippen molar-refractivity contribution in [3.05, 3.63) is 48.6 Å². The second kappa shape index (κ2) is 36.9. The largest absolute Gasteiger partial charge is 0.481 e. The smallest absolute Gasteiger partial charge is 0.303 e. The standard InChI is InChI=1S/2C18H32O2/c2*1-2-3-4-5-6-7-8-9-10-11-12-13-14-15-16-17-18(19)20/h2*6-9H,2-5,10-17H2,1H3,(H,19,20)/b2*7-6-,9-8+. The number of rotatable bonds is 28. The minimum atomic E-state index is -0.669. The molecule has 0 amide bonds. The first kappa shape index (κ1) is 40.0. The Kier molecular flexibility index (Phi) is 36.9. The lowest BCUT2D eigenvalue weighted by Crippen LogP contribution is -1.93. The van der Waals surface area contributed by atoms with Crippen LogP contribution in [-0.2, 0) is 9.59 Å². The molecule has 0 aliphatic rings. The van der Waals surface area contributed by atoms with Crippen LogP contribution < -0.4 is 0 Å². The van der Waals surface area contributed by atoms with Gasteiger partial charge in [0, 0.05) is 12.8 Å². The Bertz CT molecular complexity index is 589. The summed E-state index contributed by atoms with van der Waals surface area (Å²) < 4.78 is 0. The third kappa shape index (κ3) is 43.0. The van der Waals surface area contributed by atoms with Crippen LogP contribution in [-0.4, -0.2) is 22.2 Å². The highest BCUT2D eigenvalue weighted by Crippen LogP contribution is 2.10. The number of carboxylic acid groups (broad SMARTS) is 2. The predicted molar refractivity (Wildman–Crippen MR) is 174 cm³/mol. The van der Waals surface area contributed by atoms with Crippen molar-refractivity contribution in [2.75, 3.05) is 0 Å². The maximum Gasteiger partial charge on any atom is 0.303 e. The van der Waals surface area contributed by atoms with E-state index in [4.69, 9.17) is 10.2 Å². The minimum absolute atomic E-state index is 0.327. The van der Waals surface area contributed by atoms with E-state index in [-0.39, 0.29) is 0 Å². The number of unbranched alkanes of at least 4 members (excludes halogenated alkanes) is 18. The molecule has 0 aromatic heterocycles. The molecule has 0 saturated heterocycles. The van der Waals surface area contributed by atoms with Crippen molar-refractivity contribution in [2.24, 2.45) is 0 Å². The van der Waals surface area contributed by atoms with Gasteiger partial charge in [0.1, 0.15) is 0 Å². The molecule has 0 unspecified atom stereocenters. The van der Waals surface area contributed by atoms with E-state index in [1.165, 1.54) is 103 Å². The maximum atomic E-state index is 10.3. The molecular weight excluding hydrogens is 496 g/mol. The van der Waals surface area contributed by atoms with E-state index in [1.54, 1.807) is 0 Å². The third-order valence-corrected chi connectivity index (χ3v) is 6.74. The first-order valence-electron chi connectivity index (χ1n) is 16.6. The van der Waals surface area contributed by atoms with E-state index < -0.39 is 11.9 Å². The molecule has 0 radical (unpaired) electrons. The highest BCUT2D eigenvalue weighted by Gasteiger charge is 1.97. The summed E-state index contributed by atoms with van der Waals surface area (Å²) in [5.41, 5.74) is 0. The zero-order chi connectivity index (χ0) is 29.8. The summed E-state index contributed by atoms with van der Waals surface area (Å²) in [4.78, 5) is 20.6. The fourth-order valence-electron chi connectivity index (χ4n) is 4.21. The SMILES string of the molecule is CCCCC/C=C\C=C\CCCCCCCCC(=O)O.CCCCC/C=C\C=C\CCCCCCCCC(=O)O. The molecule has 0 rings (SSSR count). The zero-order valence-corrected chi connectivity index (χ0v) is 26.3. The van der Waals surface area contributed by atoms with Gasteiger partial charge in [0.2, 0.25) is 0 Å². The average Bonchev–Trinajstić information content (AvgIpc) is 2.93. The van der Waals surface area contributed by atoms with Crippen LogP contribution in [0.5, 0.6) is 0 Å². The van der Waals surface area contributed by atoms with E-state index in [0.717, 1.165) is 38.5 Å². The number of hydrogen-bond donors (Lipinski definition) is 2. The molecule has 0 aliphatic heterocycles. The Morgan fingerprint density at radius 3 is 0.925 bits per heavy atom.